The van der Waals surface area contributed by atoms with E-state index in [4.69, 9.17) is 4.74 Å². The molecule has 1 fully saturated rings. The van der Waals surface area contributed by atoms with E-state index in [1.165, 1.54) is 12.4 Å². The highest BCUT2D eigenvalue weighted by molar-refractivity contribution is 6.07. The molecule has 0 saturated heterocycles. The Hall–Kier alpha value is -2.23. The Labute approximate surface area is 105 Å². The van der Waals surface area contributed by atoms with Crippen molar-refractivity contribution >= 4 is 5.78 Å². The lowest BCUT2D eigenvalue weighted by molar-refractivity contribution is 0.103. The smallest absolute Gasteiger partial charge is 0.212 e. The number of ether oxygens (including phenoxy) is 1. The third-order valence-electron chi connectivity index (χ3n) is 2.74. The Balaban J connectivity index is 1.77. The third kappa shape index (κ3) is 2.37. The fourth-order valence-corrected chi connectivity index (χ4v) is 1.63. The minimum absolute atomic E-state index is 0.124. The summed E-state index contributed by atoms with van der Waals surface area (Å²) in [4.78, 5) is 19.9. The molecule has 0 amide bonds. The van der Waals surface area contributed by atoms with Crippen LogP contribution >= 0.6 is 0 Å². The van der Waals surface area contributed by atoms with Crippen molar-refractivity contribution in [2.75, 3.05) is 0 Å². The number of carbonyl (C=O) groups is 1. The van der Waals surface area contributed by atoms with Gasteiger partial charge in [0.05, 0.1) is 12.3 Å². The molecule has 0 N–H and O–H groups in total. The number of nitrogens with zero attached hydrogens (tertiary/aromatic N) is 2. The minimum atomic E-state index is -0.124. The van der Waals surface area contributed by atoms with E-state index >= 15 is 0 Å². The summed E-state index contributed by atoms with van der Waals surface area (Å²) >= 11 is 0. The quantitative estimate of drug-likeness (QED) is 0.769. The molecule has 18 heavy (non-hydrogen) atoms. The maximum atomic E-state index is 12.0. The van der Waals surface area contributed by atoms with Crippen molar-refractivity contribution in [1.29, 1.82) is 0 Å². The fraction of sp³-hybridized carbons (Fsp3) is 0.214. The average molecular weight is 240 g/mol. The Morgan fingerprint density at radius 3 is 2.56 bits per heavy atom. The molecular weight excluding hydrogens is 228 g/mol. The number of rotatable bonds is 4. The molecule has 0 radical (unpaired) electrons. The van der Waals surface area contributed by atoms with Crippen LogP contribution < -0.4 is 4.74 Å². The molecule has 1 aromatic carbocycles. The molecule has 3 rings (SSSR count). The van der Waals surface area contributed by atoms with E-state index in [1.807, 2.05) is 12.1 Å². The zero-order chi connectivity index (χ0) is 12.4. The van der Waals surface area contributed by atoms with Crippen LogP contribution in [0.2, 0.25) is 0 Å². The van der Waals surface area contributed by atoms with E-state index in [0.717, 1.165) is 18.6 Å². The molecule has 90 valence electrons. The Morgan fingerprint density at radius 1 is 1.17 bits per heavy atom. The molecule has 1 aliphatic rings. The highest BCUT2D eigenvalue weighted by Gasteiger charge is 2.23. The van der Waals surface area contributed by atoms with Gasteiger partial charge in [0, 0.05) is 18.0 Å². The number of benzene rings is 1. The standard InChI is InChI=1S/C14H12N2O2/c17-14(13-9-15-7-8-16-13)10-1-3-11(4-2-10)18-12-5-6-12/h1-4,7-9,12H,5-6H2. The molecule has 2 aromatic rings. The van der Waals surface area contributed by atoms with Crippen molar-refractivity contribution in [1.82, 2.24) is 9.97 Å². The molecule has 0 atom stereocenters. The van der Waals surface area contributed by atoms with Gasteiger partial charge in [-0.1, -0.05) is 0 Å². The van der Waals surface area contributed by atoms with E-state index in [0.29, 0.717) is 17.4 Å². The highest BCUT2D eigenvalue weighted by atomic mass is 16.5. The van der Waals surface area contributed by atoms with Gasteiger partial charge in [-0.2, -0.15) is 0 Å². The molecular formula is C14H12N2O2. The summed E-state index contributed by atoms with van der Waals surface area (Å²) in [5.74, 6) is 0.689. The first-order chi connectivity index (χ1) is 8.83. The van der Waals surface area contributed by atoms with Crippen molar-refractivity contribution in [3.8, 4) is 5.75 Å². The van der Waals surface area contributed by atoms with Crippen LogP contribution in [0, 0.1) is 0 Å². The van der Waals surface area contributed by atoms with Crippen LogP contribution in [-0.4, -0.2) is 21.9 Å². The zero-order valence-electron chi connectivity index (χ0n) is 9.74. The number of ketones is 1. The summed E-state index contributed by atoms with van der Waals surface area (Å²) < 4.78 is 5.63. The van der Waals surface area contributed by atoms with Gasteiger partial charge in [-0.25, -0.2) is 4.98 Å². The van der Waals surface area contributed by atoms with Gasteiger partial charge in [-0.3, -0.25) is 9.78 Å². The number of hydrogen-bond acceptors (Lipinski definition) is 4. The Morgan fingerprint density at radius 2 is 1.94 bits per heavy atom. The van der Waals surface area contributed by atoms with Crippen molar-refractivity contribution < 1.29 is 9.53 Å². The molecule has 4 heteroatoms. The van der Waals surface area contributed by atoms with E-state index < -0.39 is 0 Å². The molecule has 0 aliphatic heterocycles. The van der Waals surface area contributed by atoms with Crippen molar-refractivity contribution in [2.24, 2.45) is 0 Å². The largest absolute Gasteiger partial charge is 0.490 e. The van der Waals surface area contributed by atoms with E-state index in [2.05, 4.69) is 9.97 Å². The first kappa shape index (κ1) is 10.9. The lowest BCUT2D eigenvalue weighted by Crippen LogP contribution is -2.04. The average Bonchev–Trinajstić information content (AvgIpc) is 3.24. The van der Waals surface area contributed by atoms with E-state index in [-0.39, 0.29) is 5.78 Å². The first-order valence-electron chi connectivity index (χ1n) is 5.90. The second kappa shape index (κ2) is 4.56. The van der Waals surface area contributed by atoms with E-state index in [9.17, 15) is 4.79 Å². The minimum Gasteiger partial charge on any atom is -0.490 e. The van der Waals surface area contributed by atoms with Crippen LogP contribution in [0.1, 0.15) is 28.9 Å². The van der Waals surface area contributed by atoms with Crippen molar-refractivity contribution in [3.63, 3.8) is 0 Å². The summed E-state index contributed by atoms with van der Waals surface area (Å²) in [7, 11) is 0. The van der Waals surface area contributed by atoms with Crippen LogP contribution in [0.4, 0.5) is 0 Å². The van der Waals surface area contributed by atoms with Crippen LogP contribution in [0.25, 0.3) is 0 Å². The maximum Gasteiger partial charge on any atom is 0.212 e. The predicted molar refractivity (Wildman–Crippen MR) is 65.6 cm³/mol. The van der Waals surface area contributed by atoms with Gasteiger partial charge < -0.3 is 4.74 Å². The monoisotopic (exact) mass is 240 g/mol. The van der Waals surface area contributed by atoms with Gasteiger partial charge in [0.25, 0.3) is 0 Å². The molecule has 0 unspecified atom stereocenters. The number of hydrogen-bond donors (Lipinski definition) is 0. The van der Waals surface area contributed by atoms with Gasteiger partial charge in [0.1, 0.15) is 11.4 Å². The fourth-order valence-electron chi connectivity index (χ4n) is 1.63. The summed E-state index contributed by atoms with van der Waals surface area (Å²) in [6.07, 6.45) is 7.14. The van der Waals surface area contributed by atoms with Gasteiger partial charge in [-0.05, 0) is 37.1 Å². The normalized spacial score (nSPS) is 14.2. The number of aromatic nitrogens is 2. The van der Waals surface area contributed by atoms with Crippen LogP contribution in [0.15, 0.2) is 42.9 Å². The lowest BCUT2D eigenvalue weighted by Gasteiger charge is -2.05. The summed E-state index contributed by atoms with van der Waals surface area (Å²) in [5, 5.41) is 0. The molecule has 1 heterocycles. The first-order valence-corrected chi connectivity index (χ1v) is 5.90. The second-order valence-electron chi connectivity index (χ2n) is 4.26. The van der Waals surface area contributed by atoms with Gasteiger partial charge in [-0.15, -0.1) is 0 Å². The van der Waals surface area contributed by atoms with Crippen LogP contribution in [0.3, 0.4) is 0 Å². The van der Waals surface area contributed by atoms with Gasteiger partial charge in [0.15, 0.2) is 0 Å². The lowest BCUT2D eigenvalue weighted by atomic mass is 10.1. The Kier molecular flexibility index (Phi) is 2.76. The molecule has 4 nitrogen and oxygen atoms in total. The zero-order valence-corrected chi connectivity index (χ0v) is 9.74. The maximum absolute atomic E-state index is 12.0. The molecule has 1 saturated carbocycles. The van der Waals surface area contributed by atoms with Crippen molar-refractivity contribution in [3.05, 3.63) is 54.1 Å². The molecule has 0 bridgehead atoms. The van der Waals surface area contributed by atoms with Crippen molar-refractivity contribution in [2.45, 2.75) is 18.9 Å². The predicted octanol–water partition coefficient (Wildman–Crippen LogP) is 2.25. The van der Waals surface area contributed by atoms with Crippen LogP contribution in [0.5, 0.6) is 5.75 Å². The SMILES string of the molecule is O=C(c1ccc(OC2CC2)cc1)c1cnccn1. The molecule has 1 aromatic heterocycles. The highest BCUT2D eigenvalue weighted by Crippen LogP contribution is 2.26. The summed E-state index contributed by atoms with van der Waals surface area (Å²) in [6, 6.07) is 7.16. The topological polar surface area (TPSA) is 52.1 Å². The number of carbonyl (C=O) groups excluding carboxylic acids is 1. The second-order valence-corrected chi connectivity index (χ2v) is 4.26. The summed E-state index contributed by atoms with van der Waals surface area (Å²) in [6.45, 7) is 0. The molecule has 0 spiro atoms. The van der Waals surface area contributed by atoms with Crippen LogP contribution in [-0.2, 0) is 0 Å². The molecule has 1 aliphatic carbocycles. The van der Waals surface area contributed by atoms with Gasteiger partial charge in [0.2, 0.25) is 5.78 Å². The van der Waals surface area contributed by atoms with Gasteiger partial charge >= 0.3 is 0 Å². The third-order valence-corrected chi connectivity index (χ3v) is 2.74. The summed E-state index contributed by atoms with van der Waals surface area (Å²) in [5.41, 5.74) is 0.951. The Bertz CT molecular complexity index is 548. The van der Waals surface area contributed by atoms with E-state index in [1.54, 1.807) is 18.3 Å².